The first kappa shape index (κ1) is 20.3. The van der Waals surface area contributed by atoms with Crippen molar-refractivity contribution in [3.05, 3.63) is 29.8 Å². The number of likely N-dealkylation sites (tertiary alicyclic amines) is 1. The Bertz CT molecular complexity index is 902. The molecule has 1 aromatic carbocycles. The van der Waals surface area contributed by atoms with Gasteiger partial charge in [-0.1, -0.05) is 12.1 Å². The second-order valence-electron chi connectivity index (χ2n) is 9.40. The number of hydrogen-bond acceptors (Lipinski definition) is 5. The number of fused-ring (bicyclic) bond motifs is 3. The van der Waals surface area contributed by atoms with Gasteiger partial charge in [0.25, 0.3) is 5.91 Å². The van der Waals surface area contributed by atoms with E-state index in [1.165, 1.54) is 0 Å². The van der Waals surface area contributed by atoms with Gasteiger partial charge in [0.15, 0.2) is 5.72 Å². The molecule has 0 radical (unpaired) electrons. The van der Waals surface area contributed by atoms with Gasteiger partial charge in [0.05, 0.1) is 18.1 Å². The molecule has 166 valence electrons. The molecule has 2 aliphatic heterocycles. The maximum atomic E-state index is 13.4. The summed E-state index contributed by atoms with van der Waals surface area (Å²) >= 11 is 0. The molecule has 1 aromatic rings. The Morgan fingerprint density at radius 1 is 1.26 bits per heavy atom. The van der Waals surface area contributed by atoms with E-state index in [2.05, 4.69) is 5.32 Å². The van der Waals surface area contributed by atoms with Crippen LogP contribution in [0.2, 0.25) is 0 Å². The number of carbonyl (C=O) groups excluding carboxylic acids is 3. The number of rotatable bonds is 3. The summed E-state index contributed by atoms with van der Waals surface area (Å²) in [5.74, 6) is 0.494. The number of esters is 1. The maximum absolute atomic E-state index is 13.4. The van der Waals surface area contributed by atoms with Gasteiger partial charge in [-0.05, 0) is 57.1 Å². The number of benzene rings is 1. The normalized spacial score (nSPS) is 34.0. The van der Waals surface area contributed by atoms with E-state index in [4.69, 9.17) is 9.47 Å². The van der Waals surface area contributed by atoms with Crippen molar-refractivity contribution in [2.75, 3.05) is 19.7 Å². The van der Waals surface area contributed by atoms with Crippen LogP contribution in [0.1, 0.15) is 55.8 Å². The molecule has 2 bridgehead atoms. The zero-order chi connectivity index (χ0) is 21.6. The van der Waals surface area contributed by atoms with Gasteiger partial charge in [-0.25, -0.2) is 0 Å². The van der Waals surface area contributed by atoms with Crippen LogP contribution in [-0.2, 0) is 14.3 Å². The first-order chi connectivity index (χ1) is 15.0. The Morgan fingerprint density at radius 3 is 2.87 bits per heavy atom. The third kappa shape index (κ3) is 3.48. The Morgan fingerprint density at radius 2 is 2.10 bits per heavy atom. The summed E-state index contributed by atoms with van der Waals surface area (Å²) in [5.41, 5.74) is -0.138. The minimum absolute atomic E-state index is 0.0667. The summed E-state index contributed by atoms with van der Waals surface area (Å²) in [6.07, 6.45) is 4.90. The average molecular weight is 427 g/mol. The zero-order valence-corrected chi connectivity index (χ0v) is 18.0. The molecule has 5 aliphatic rings. The molecule has 7 heteroatoms. The number of nitrogens with zero attached hydrogens (tertiary/aromatic N) is 1. The summed E-state index contributed by atoms with van der Waals surface area (Å²) < 4.78 is 11.6. The molecular weight excluding hydrogens is 396 g/mol. The van der Waals surface area contributed by atoms with Gasteiger partial charge < -0.3 is 19.7 Å². The Balaban J connectivity index is 1.30. The van der Waals surface area contributed by atoms with E-state index in [1.54, 1.807) is 6.07 Å². The van der Waals surface area contributed by atoms with Crippen LogP contribution < -0.4 is 10.1 Å². The van der Waals surface area contributed by atoms with Crippen LogP contribution in [0.4, 0.5) is 0 Å². The summed E-state index contributed by atoms with van der Waals surface area (Å²) in [6.45, 7) is 3.33. The molecule has 31 heavy (non-hydrogen) atoms. The lowest BCUT2D eigenvalue weighted by Crippen LogP contribution is -2.67. The Kier molecular flexibility index (Phi) is 5.15. The first-order valence-electron chi connectivity index (χ1n) is 11.6. The van der Waals surface area contributed by atoms with Crippen LogP contribution >= 0.6 is 0 Å². The summed E-state index contributed by atoms with van der Waals surface area (Å²) in [4.78, 5) is 40.3. The smallest absolute Gasteiger partial charge is 0.310 e. The van der Waals surface area contributed by atoms with Crippen LogP contribution in [0.25, 0.3) is 0 Å². The Labute approximate surface area is 182 Å². The highest BCUT2D eigenvalue weighted by Gasteiger charge is 2.57. The van der Waals surface area contributed by atoms with Crippen LogP contribution in [-0.4, -0.2) is 48.1 Å². The highest BCUT2D eigenvalue weighted by molar-refractivity contribution is 5.98. The number of carbonyl (C=O) groups is 3. The third-order valence-electron chi connectivity index (χ3n) is 7.64. The molecule has 1 spiro atoms. The minimum atomic E-state index is -0.708. The zero-order valence-electron chi connectivity index (χ0n) is 18.0. The molecule has 0 aromatic heterocycles. The van der Waals surface area contributed by atoms with Gasteiger partial charge in [0, 0.05) is 31.3 Å². The standard InChI is InChI=1S/C24H30N2O5/c1-2-30-23(29)16-6-5-11-26(14-16)22(28)19-12-17-10-9-15(19)13-24(17)25-21(27)18-7-3-4-8-20(18)31-24/h3-4,7-8,15-17,19H,2,5-6,9-14H2,1H3,(H,25,27)/t15-,16+,17+,19-,24+/m0/s1. The van der Waals surface area contributed by atoms with Crippen molar-refractivity contribution >= 4 is 17.8 Å². The van der Waals surface area contributed by atoms with Crippen molar-refractivity contribution in [1.29, 1.82) is 0 Å². The molecule has 2 heterocycles. The fourth-order valence-electron chi connectivity index (χ4n) is 6.13. The number of piperidine rings is 1. The highest BCUT2D eigenvalue weighted by Crippen LogP contribution is 2.53. The quantitative estimate of drug-likeness (QED) is 0.752. The number of para-hydroxylation sites is 1. The molecule has 3 saturated carbocycles. The maximum Gasteiger partial charge on any atom is 0.310 e. The van der Waals surface area contributed by atoms with E-state index in [0.29, 0.717) is 43.9 Å². The molecule has 4 fully saturated rings. The molecule has 3 aliphatic carbocycles. The fourth-order valence-corrected chi connectivity index (χ4v) is 6.13. The number of nitrogens with one attached hydrogen (secondary N) is 1. The second kappa shape index (κ2) is 7.84. The molecule has 1 saturated heterocycles. The van der Waals surface area contributed by atoms with E-state index < -0.39 is 5.72 Å². The number of amides is 2. The van der Waals surface area contributed by atoms with Crippen LogP contribution in [0.15, 0.2) is 24.3 Å². The van der Waals surface area contributed by atoms with Crippen molar-refractivity contribution < 1.29 is 23.9 Å². The molecule has 5 atom stereocenters. The third-order valence-corrected chi connectivity index (χ3v) is 7.64. The topological polar surface area (TPSA) is 84.9 Å². The lowest BCUT2D eigenvalue weighted by Gasteiger charge is -2.55. The molecule has 0 unspecified atom stereocenters. The van der Waals surface area contributed by atoms with E-state index in [0.717, 1.165) is 25.7 Å². The fraction of sp³-hybridized carbons (Fsp3) is 0.625. The SMILES string of the molecule is CCOC(=O)[C@@H]1CCCN(C(=O)[C@H]2C[C@H]3CC[C@H]2C[C@]32NC(=O)c3ccccc3O2)C1. The molecule has 2 amide bonds. The van der Waals surface area contributed by atoms with E-state index in [-0.39, 0.29) is 41.5 Å². The average Bonchev–Trinajstić information content (AvgIpc) is 2.79. The van der Waals surface area contributed by atoms with Crippen molar-refractivity contribution in [2.45, 2.75) is 51.2 Å². The van der Waals surface area contributed by atoms with Crippen molar-refractivity contribution in [1.82, 2.24) is 10.2 Å². The van der Waals surface area contributed by atoms with Crippen molar-refractivity contribution in [3.63, 3.8) is 0 Å². The van der Waals surface area contributed by atoms with Crippen LogP contribution in [0.5, 0.6) is 5.75 Å². The predicted octanol–water partition coefficient (Wildman–Crippen LogP) is 2.74. The first-order valence-corrected chi connectivity index (χ1v) is 11.6. The lowest BCUT2D eigenvalue weighted by molar-refractivity contribution is -0.159. The van der Waals surface area contributed by atoms with E-state index >= 15 is 0 Å². The number of ether oxygens (including phenoxy) is 2. The Hall–Kier alpha value is -2.57. The highest BCUT2D eigenvalue weighted by atomic mass is 16.5. The van der Waals surface area contributed by atoms with Crippen LogP contribution in [0, 0.1) is 23.7 Å². The van der Waals surface area contributed by atoms with Crippen LogP contribution in [0.3, 0.4) is 0 Å². The largest absolute Gasteiger partial charge is 0.467 e. The lowest BCUT2D eigenvalue weighted by atomic mass is 9.59. The van der Waals surface area contributed by atoms with Crippen molar-refractivity contribution in [2.24, 2.45) is 23.7 Å². The van der Waals surface area contributed by atoms with Gasteiger partial charge in [0.1, 0.15) is 5.75 Å². The van der Waals surface area contributed by atoms with E-state index in [1.807, 2.05) is 30.0 Å². The molecule has 7 nitrogen and oxygen atoms in total. The molecular formula is C24H30N2O5. The summed E-state index contributed by atoms with van der Waals surface area (Å²) in [7, 11) is 0. The summed E-state index contributed by atoms with van der Waals surface area (Å²) in [6, 6.07) is 7.35. The molecule has 6 rings (SSSR count). The van der Waals surface area contributed by atoms with Gasteiger partial charge in [0.2, 0.25) is 5.91 Å². The minimum Gasteiger partial charge on any atom is -0.467 e. The van der Waals surface area contributed by atoms with Gasteiger partial charge in [-0.3, -0.25) is 14.4 Å². The monoisotopic (exact) mass is 426 g/mol. The molecule has 1 N–H and O–H groups in total. The number of hydrogen-bond donors (Lipinski definition) is 1. The predicted molar refractivity (Wildman–Crippen MR) is 112 cm³/mol. The van der Waals surface area contributed by atoms with Gasteiger partial charge in [-0.2, -0.15) is 0 Å². The second-order valence-corrected chi connectivity index (χ2v) is 9.40. The summed E-state index contributed by atoms with van der Waals surface area (Å²) in [5, 5.41) is 3.15. The van der Waals surface area contributed by atoms with Crippen molar-refractivity contribution in [3.8, 4) is 5.75 Å². The van der Waals surface area contributed by atoms with Gasteiger partial charge in [-0.15, -0.1) is 0 Å². The van der Waals surface area contributed by atoms with E-state index in [9.17, 15) is 14.4 Å². The van der Waals surface area contributed by atoms with Gasteiger partial charge >= 0.3 is 5.97 Å².